The Morgan fingerprint density at radius 3 is 2.41 bits per heavy atom. The standard InChI is InChI=1S/C35H34BrNO4/c1-21(2)27-19-28-33(35(40)37(34(28)39)26-11-7-4-8-12-26)29-20-41-31(32(27)29)16-13-23(22-9-5-3-6-10-22)17-24-18-25(36)14-15-30(24)38/h3-12,14-15,17-18,21,28-29,31,33,38H,13,16,19-20H2,1-2H3/b23-17-/t28-,29+,31-,33-/m1/s1. The van der Waals surface area contributed by atoms with Crippen LogP contribution in [-0.2, 0) is 14.3 Å². The molecule has 2 fully saturated rings. The van der Waals surface area contributed by atoms with Crippen LogP contribution in [0.3, 0.4) is 0 Å². The van der Waals surface area contributed by atoms with Crippen molar-refractivity contribution in [1.82, 2.24) is 0 Å². The summed E-state index contributed by atoms with van der Waals surface area (Å²) in [5.41, 5.74) is 6.10. The fourth-order valence-electron chi connectivity index (χ4n) is 6.86. The van der Waals surface area contributed by atoms with Gasteiger partial charge in [0, 0.05) is 16.0 Å². The Morgan fingerprint density at radius 2 is 1.71 bits per heavy atom. The Morgan fingerprint density at radius 1 is 1.00 bits per heavy atom. The van der Waals surface area contributed by atoms with Gasteiger partial charge in [-0.2, -0.15) is 0 Å². The minimum absolute atomic E-state index is 0.0837. The van der Waals surface area contributed by atoms with Crippen molar-refractivity contribution in [2.75, 3.05) is 11.5 Å². The average Bonchev–Trinajstić information content (AvgIpc) is 3.51. The SMILES string of the molecule is CC(C)C1=C2[C@@H](CC/C(=C/c3cc(Br)ccc3O)c3ccccc3)OC[C@@H]2[C@@H]2C(=O)N(c3ccccc3)C(=O)[C@@H]2C1. The van der Waals surface area contributed by atoms with E-state index in [4.69, 9.17) is 4.74 Å². The molecule has 2 aliphatic heterocycles. The van der Waals surface area contributed by atoms with Gasteiger partial charge >= 0.3 is 0 Å². The third-order valence-corrected chi connectivity index (χ3v) is 9.29. The molecule has 3 aliphatic rings. The highest BCUT2D eigenvalue weighted by Gasteiger charge is 2.57. The molecule has 6 heteroatoms. The normalized spacial score (nSPS) is 24.3. The van der Waals surface area contributed by atoms with Crippen LogP contribution >= 0.6 is 15.9 Å². The van der Waals surface area contributed by atoms with E-state index in [0.29, 0.717) is 18.7 Å². The van der Waals surface area contributed by atoms with E-state index in [9.17, 15) is 14.7 Å². The molecular weight excluding hydrogens is 578 g/mol. The van der Waals surface area contributed by atoms with Crippen LogP contribution in [0.2, 0.25) is 0 Å². The lowest BCUT2D eigenvalue weighted by atomic mass is 9.67. The second kappa shape index (κ2) is 11.4. The van der Waals surface area contributed by atoms with Gasteiger partial charge in [-0.1, -0.05) is 83.9 Å². The van der Waals surface area contributed by atoms with Crippen LogP contribution in [0.5, 0.6) is 5.75 Å². The van der Waals surface area contributed by atoms with Crippen molar-refractivity contribution in [3.05, 3.63) is 106 Å². The smallest absolute Gasteiger partial charge is 0.238 e. The van der Waals surface area contributed by atoms with E-state index in [1.165, 1.54) is 16.0 Å². The van der Waals surface area contributed by atoms with Gasteiger partial charge in [0.1, 0.15) is 5.75 Å². The summed E-state index contributed by atoms with van der Waals surface area (Å²) < 4.78 is 7.37. The average molecular weight is 613 g/mol. The van der Waals surface area contributed by atoms with Gasteiger partial charge in [0.15, 0.2) is 0 Å². The van der Waals surface area contributed by atoms with Crippen LogP contribution in [0.4, 0.5) is 5.69 Å². The number of phenolic OH excluding ortho intramolecular Hbond substituents is 1. The number of carbonyl (C=O) groups is 2. The first-order valence-electron chi connectivity index (χ1n) is 14.3. The second-order valence-corrected chi connectivity index (χ2v) is 12.4. The lowest BCUT2D eigenvalue weighted by Crippen LogP contribution is -2.35. The highest BCUT2D eigenvalue weighted by Crippen LogP contribution is 2.52. The van der Waals surface area contributed by atoms with Gasteiger partial charge in [0.05, 0.1) is 30.2 Å². The summed E-state index contributed by atoms with van der Waals surface area (Å²) in [5.74, 6) is -0.503. The van der Waals surface area contributed by atoms with Crippen molar-refractivity contribution >= 4 is 45.1 Å². The summed E-state index contributed by atoms with van der Waals surface area (Å²) in [7, 11) is 0. The second-order valence-electron chi connectivity index (χ2n) is 11.5. The number of para-hydroxylation sites is 1. The number of rotatable bonds is 7. The summed E-state index contributed by atoms with van der Waals surface area (Å²) in [6.45, 7) is 4.81. The Balaban J connectivity index is 1.30. The Bertz CT molecular complexity index is 1530. The third kappa shape index (κ3) is 5.20. The number of halogens is 1. The predicted molar refractivity (Wildman–Crippen MR) is 165 cm³/mol. The highest BCUT2D eigenvalue weighted by atomic mass is 79.9. The molecule has 1 aliphatic carbocycles. The number of phenols is 1. The van der Waals surface area contributed by atoms with E-state index in [2.05, 4.69) is 41.9 Å². The van der Waals surface area contributed by atoms with E-state index in [1.54, 1.807) is 6.07 Å². The van der Waals surface area contributed by atoms with Crippen molar-refractivity contribution in [2.24, 2.45) is 23.7 Å². The minimum atomic E-state index is -0.382. The number of allylic oxidation sites excluding steroid dienone is 2. The van der Waals surface area contributed by atoms with E-state index in [-0.39, 0.29) is 47.3 Å². The number of nitrogens with zero attached hydrogens (tertiary/aromatic N) is 1. The number of fused-ring (bicyclic) bond motifs is 3. The first-order chi connectivity index (χ1) is 19.8. The first-order valence-corrected chi connectivity index (χ1v) is 15.1. The Kier molecular flexibility index (Phi) is 7.71. The molecule has 0 aromatic heterocycles. The first kappa shape index (κ1) is 27.7. The van der Waals surface area contributed by atoms with Crippen molar-refractivity contribution in [3.8, 4) is 5.75 Å². The van der Waals surface area contributed by atoms with Crippen LogP contribution in [-0.4, -0.2) is 29.6 Å². The molecule has 0 radical (unpaired) electrons. The van der Waals surface area contributed by atoms with Gasteiger partial charge in [-0.3, -0.25) is 14.5 Å². The number of anilines is 1. The summed E-state index contributed by atoms with van der Waals surface area (Å²) in [6, 6.07) is 24.9. The molecule has 2 amide bonds. The van der Waals surface area contributed by atoms with Gasteiger partial charge in [-0.05, 0) is 78.3 Å². The van der Waals surface area contributed by atoms with E-state index < -0.39 is 0 Å². The molecule has 5 nitrogen and oxygen atoms in total. The fourth-order valence-corrected chi connectivity index (χ4v) is 7.24. The molecule has 2 heterocycles. The number of benzene rings is 3. The number of aromatic hydroxyl groups is 1. The van der Waals surface area contributed by atoms with Gasteiger partial charge in [-0.25, -0.2) is 0 Å². The fraction of sp³-hybridized carbons (Fsp3) is 0.314. The zero-order chi connectivity index (χ0) is 28.7. The van der Waals surface area contributed by atoms with Gasteiger partial charge < -0.3 is 9.84 Å². The van der Waals surface area contributed by atoms with Crippen LogP contribution in [0.1, 0.15) is 44.2 Å². The van der Waals surface area contributed by atoms with Crippen molar-refractivity contribution in [2.45, 2.75) is 39.2 Å². The molecule has 4 atom stereocenters. The summed E-state index contributed by atoms with van der Waals surface area (Å²) >= 11 is 3.52. The number of imide groups is 1. The zero-order valence-electron chi connectivity index (χ0n) is 23.3. The minimum Gasteiger partial charge on any atom is -0.507 e. The van der Waals surface area contributed by atoms with Crippen LogP contribution in [0.15, 0.2) is 94.5 Å². The Labute approximate surface area is 249 Å². The molecule has 0 bridgehead atoms. The molecule has 1 N–H and O–H groups in total. The lowest BCUT2D eigenvalue weighted by molar-refractivity contribution is -0.122. The molecule has 0 saturated carbocycles. The highest BCUT2D eigenvalue weighted by molar-refractivity contribution is 9.10. The van der Waals surface area contributed by atoms with E-state index >= 15 is 0 Å². The number of hydrogen-bond donors (Lipinski definition) is 1. The van der Waals surface area contributed by atoms with Gasteiger partial charge in [0.2, 0.25) is 11.8 Å². The van der Waals surface area contributed by atoms with E-state index in [1.807, 2.05) is 66.7 Å². The van der Waals surface area contributed by atoms with Gasteiger partial charge in [-0.15, -0.1) is 0 Å². The number of hydrogen-bond acceptors (Lipinski definition) is 4. The van der Waals surface area contributed by atoms with Gasteiger partial charge in [0.25, 0.3) is 0 Å². The summed E-state index contributed by atoms with van der Waals surface area (Å²) in [5, 5.41) is 10.5. The van der Waals surface area contributed by atoms with Crippen molar-refractivity contribution < 1.29 is 19.4 Å². The largest absolute Gasteiger partial charge is 0.507 e. The molecule has 3 aromatic rings. The number of amides is 2. The molecule has 6 rings (SSSR count). The van der Waals surface area contributed by atoms with Crippen LogP contribution in [0, 0.1) is 23.7 Å². The maximum atomic E-state index is 13.8. The third-order valence-electron chi connectivity index (χ3n) is 8.80. The molecule has 41 heavy (non-hydrogen) atoms. The monoisotopic (exact) mass is 611 g/mol. The Hall–Kier alpha value is -3.48. The van der Waals surface area contributed by atoms with Crippen LogP contribution in [0.25, 0.3) is 11.6 Å². The molecule has 2 saturated heterocycles. The van der Waals surface area contributed by atoms with E-state index in [0.717, 1.165) is 34.0 Å². The molecule has 210 valence electrons. The zero-order valence-corrected chi connectivity index (χ0v) is 24.9. The summed E-state index contributed by atoms with van der Waals surface area (Å²) in [4.78, 5) is 28.8. The van der Waals surface area contributed by atoms with Crippen molar-refractivity contribution in [3.63, 3.8) is 0 Å². The lowest BCUT2D eigenvalue weighted by Gasteiger charge is -2.33. The number of carbonyl (C=O) groups excluding carboxylic acids is 2. The molecule has 0 spiro atoms. The maximum absolute atomic E-state index is 13.8. The van der Waals surface area contributed by atoms with Crippen molar-refractivity contribution in [1.29, 1.82) is 0 Å². The number of ether oxygens (including phenoxy) is 1. The summed E-state index contributed by atoms with van der Waals surface area (Å²) in [6.07, 6.45) is 4.02. The van der Waals surface area contributed by atoms with Crippen LogP contribution < -0.4 is 4.90 Å². The topological polar surface area (TPSA) is 66.8 Å². The predicted octanol–water partition coefficient (Wildman–Crippen LogP) is 7.65. The maximum Gasteiger partial charge on any atom is 0.238 e. The molecular formula is C35H34BrNO4. The molecule has 0 unspecified atom stereocenters. The quantitative estimate of drug-likeness (QED) is 0.169. The molecule has 3 aromatic carbocycles.